The third-order valence-electron chi connectivity index (χ3n) is 4.58. The molecule has 7 nitrogen and oxygen atoms in total. The van der Waals surface area contributed by atoms with Crippen LogP contribution in [-0.4, -0.2) is 79.3 Å². The van der Waals surface area contributed by atoms with Crippen LogP contribution in [0.25, 0.3) is 0 Å². The molecule has 0 radical (unpaired) electrons. The number of amides is 1. The summed E-state index contributed by atoms with van der Waals surface area (Å²) >= 11 is 1.46. The Bertz CT molecular complexity index is 770. The minimum atomic E-state index is -0.639. The fraction of sp³-hybridized carbons (Fsp3) is 0.400. The molecule has 1 unspecified atom stereocenters. The fourth-order valence-electron chi connectivity index (χ4n) is 3.04. The lowest BCUT2D eigenvalue weighted by atomic mass is 10.2. The molecule has 1 fully saturated rings. The molecule has 1 aliphatic heterocycles. The molecule has 0 aliphatic carbocycles. The molecule has 2 aromatic rings. The maximum absolute atomic E-state index is 12.4. The van der Waals surface area contributed by atoms with E-state index in [4.69, 9.17) is 4.74 Å². The number of aliphatic hydroxyl groups is 1. The predicted molar refractivity (Wildman–Crippen MR) is 106 cm³/mol. The lowest BCUT2D eigenvalue weighted by Crippen LogP contribution is -2.50. The number of nitrogens with zero attached hydrogens (tertiary/aromatic N) is 2. The van der Waals surface area contributed by atoms with Gasteiger partial charge in [-0.3, -0.25) is 9.69 Å². The fourth-order valence-corrected chi connectivity index (χ4v) is 3.73. The lowest BCUT2D eigenvalue weighted by molar-refractivity contribution is 0.0405. The van der Waals surface area contributed by atoms with E-state index in [1.165, 1.54) is 18.4 Å². The summed E-state index contributed by atoms with van der Waals surface area (Å²) in [7, 11) is 1.33. The van der Waals surface area contributed by atoms with Gasteiger partial charge in [0.1, 0.15) is 18.5 Å². The van der Waals surface area contributed by atoms with Gasteiger partial charge in [-0.05, 0) is 35.7 Å². The van der Waals surface area contributed by atoms with Gasteiger partial charge in [0.25, 0.3) is 5.91 Å². The first-order valence-corrected chi connectivity index (χ1v) is 9.99. The number of hydrogen-bond donors (Lipinski definition) is 1. The highest BCUT2D eigenvalue weighted by Crippen LogP contribution is 2.15. The molecule has 3 rings (SSSR count). The summed E-state index contributed by atoms with van der Waals surface area (Å²) < 4.78 is 10.2. The van der Waals surface area contributed by atoms with Gasteiger partial charge in [0.15, 0.2) is 0 Å². The first-order valence-electron chi connectivity index (χ1n) is 9.11. The third kappa shape index (κ3) is 5.31. The maximum atomic E-state index is 12.4. The molecule has 1 aromatic heterocycles. The Hall–Kier alpha value is -2.42. The second-order valence-electron chi connectivity index (χ2n) is 6.55. The topological polar surface area (TPSA) is 79.3 Å². The van der Waals surface area contributed by atoms with Crippen molar-refractivity contribution in [3.8, 4) is 5.75 Å². The van der Waals surface area contributed by atoms with Gasteiger partial charge in [0, 0.05) is 32.7 Å². The van der Waals surface area contributed by atoms with Crippen molar-refractivity contribution in [1.29, 1.82) is 0 Å². The first-order chi connectivity index (χ1) is 13.6. The Labute approximate surface area is 168 Å². The summed E-state index contributed by atoms with van der Waals surface area (Å²) in [5, 5.41) is 12.2. The molecule has 28 heavy (non-hydrogen) atoms. The number of ether oxygens (including phenoxy) is 2. The highest BCUT2D eigenvalue weighted by molar-refractivity contribution is 7.12. The first kappa shape index (κ1) is 20.3. The van der Waals surface area contributed by atoms with E-state index in [1.807, 2.05) is 22.4 Å². The average molecular weight is 404 g/mol. The molecule has 0 spiro atoms. The van der Waals surface area contributed by atoms with Crippen LogP contribution < -0.4 is 4.74 Å². The highest BCUT2D eigenvalue weighted by Gasteiger charge is 2.24. The van der Waals surface area contributed by atoms with Crippen molar-refractivity contribution < 1.29 is 24.2 Å². The van der Waals surface area contributed by atoms with E-state index < -0.39 is 12.1 Å². The number of aliphatic hydroxyl groups excluding tert-OH is 1. The van der Waals surface area contributed by atoms with Crippen LogP contribution in [0.15, 0.2) is 41.8 Å². The van der Waals surface area contributed by atoms with Crippen LogP contribution in [0.5, 0.6) is 5.75 Å². The van der Waals surface area contributed by atoms with Gasteiger partial charge in [-0.25, -0.2) is 4.79 Å². The number of hydrogen-bond acceptors (Lipinski definition) is 7. The zero-order chi connectivity index (χ0) is 19.9. The van der Waals surface area contributed by atoms with Gasteiger partial charge in [-0.2, -0.15) is 0 Å². The van der Waals surface area contributed by atoms with E-state index in [0.29, 0.717) is 30.9 Å². The van der Waals surface area contributed by atoms with Crippen LogP contribution >= 0.6 is 11.3 Å². The molecule has 1 saturated heterocycles. The normalized spacial score (nSPS) is 15.9. The molecule has 1 amide bonds. The Balaban J connectivity index is 1.39. The minimum Gasteiger partial charge on any atom is -0.491 e. The summed E-state index contributed by atoms with van der Waals surface area (Å²) in [6.07, 6.45) is -0.639. The quantitative estimate of drug-likeness (QED) is 0.708. The average Bonchev–Trinajstić information content (AvgIpc) is 3.27. The largest absolute Gasteiger partial charge is 0.491 e. The Morgan fingerprint density at radius 1 is 1.14 bits per heavy atom. The van der Waals surface area contributed by atoms with Crippen LogP contribution in [0, 0.1) is 0 Å². The number of thiophene rings is 1. The van der Waals surface area contributed by atoms with Gasteiger partial charge in [0.2, 0.25) is 0 Å². The number of methoxy groups -OCH3 is 1. The van der Waals surface area contributed by atoms with Crippen molar-refractivity contribution >= 4 is 23.2 Å². The predicted octanol–water partition coefficient (Wildman–Crippen LogP) is 1.73. The zero-order valence-corrected chi connectivity index (χ0v) is 16.6. The SMILES string of the molecule is COC(=O)c1ccc(OCC(O)CN2CCN(C(=O)c3cccs3)CC2)cc1. The summed E-state index contributed by atoms with van der Waals surface area (Å²) in [5.74, 6) is 0.260. The lowest BCUT2D eigenvalue weighted by Gasteiger charge is -2.35. The van der Waals surface area contributed by atoms with E-state index in [0.717, 1.165) is 18.0 Å². The maximum Gasteiger partial charge on any atom is 0.337 e. The number of carbonyl (C=O) groups excluding carboxylic acids is 2. The van der Waals surface area contributed by atoms with E-state index >= 15 is 0 Å². The van der Waals surface area contributed by atoms with Crippen molar-refractivity contribution in [3.05, 3.63) is 52.2 Å². The van der Waals surface area contributed by atoms with Gasteiger partial charge in [-0.1, -0.05) is 6.07 Å². The zero-order valence-electron chi connectivity index (χ0n) is 15.7. The number of carbonyl (C=O) groups is 2. The van der Waals surface area contributed by atoms with E-state index in [-0.39, 0.29) is 12.5 Å². The standard InChI is InChI=1S/C20H24N2O5S/c1-26-20(25)15-4-6-17(7-5-15)27-14-16(23)13-21-8-10-22(11-9-21)19(24)18-3-2-12-28-18/h2-7,12,16,23H,8-11,13-14H2,1H3. The molecule has 2 heterocycles. The Morgan fingerprint density at radius 2 is 1.86 bits per heavy atom. The van der Waals surface area contributed by atoms with E-state index in [1.54, 1.807) is 24.3 Å². The van der Waals surface area contributed by atoms with Crippen LogP contribution in [-0.2, 0) is 4.74 Å². The molecule has 1 atom stereocenters. The molecule has 1 aromatic carbocycles. The highest BCUT2D eigenvalue weighted by atomic mass is 32.1. The van der Waals surface area contributed by atoms with Gasteiger partial charge in [-0.15, -0.1) is 11.3 Å². The number of rotatable bonds is 7. The molecular weight excluding hydrogens is 380 g/mol. The smallest absolute Gasteiger partial charge is 0.337 e. The number of esters is 1. The van der Waals surface area contributed by atoms with Crippen LogP contribution in [0.3, 0.4) is 0 Å². The van der Waals surface area contributed by atoms with Crippen molar-refractivity contribution in [2.75, 3.05) is 46.4 Å². The van der Waals surface area contributed by atoms with Crippen LogP contribution in [0.1, 0.15) is 20.0 Å². The molecular formula is C20H24N2O5S. The van der Waals surface area contributed by atoms with E-state index in [2.05, 4.69) is 9.64 Å². The summed E-state index contributed by atoms with van der Waals surface area (Å²) in [5.41, 5.74) is 0.449. The van der Waals surface area contributed by atoms with Crippen LogP contribution in [0.2, 0.25) is 0 Å². The van der Waals surface area contributed by atoms with Crippen molar-refractivity contribution in [2.45, 2.75) is 6.10 Å². The van der Waals surface area contributed by atoms with Crippen LogP contribution in [0.4, 0.5) is 0 Å². The summed E-state index contributed by atoms with van der Waals surface area (Å²) in [6, 6.07) is 10.3. The van der Waals surface area contributed by atoms with E-state index in [9.17, 15) is 14.7 Å². The molecule has 1 N–H and O–H groups in total. The minimum absolute atomic E-state index is 0.0777. The Morgan fingerprint density at radius 3 is 2.46 bits per heavy atom. The van der Waals surface area contributed by atoms with Gasteiger partial charge in [0.05, 0.1) is 17.6 Å². The molecule has 8 heteroatoms. The molecule has 150 valence electrons. The summed E-state index contributed by atoms with van der Waals surface area (Å²) in [6.45, 7) is 3.40. The molecule has 1 aliphatic rings. The molecule has 0 saturated carbocycles. The number of benzene rings is 1. The second-order valence-corrected chi connectivity index (χ2v) is 7.50. The van der Waals surface area contributed by atoms with Crippen molar-refractivity contribution in [1.82, 2.24) is 9.80 Å². The number of piperazine rings is 1. The Kier molecular flexibility index (Phi) is 7.02. The van der Waals surface area contributed by atoms with Crippen molar-refractivity contribution in [3.63, 3.8) is 0 Å². The van der Waals surface area contributed by atoms with Crippen molar-refractivity contribution in [2.24, 2.45) is 0 Å². The summed E-state index contributed by atoms with van der Waals surface area (Å²) in [4.78, 5) is 28.5. The van der Waals surface area contributed by atoms with Gasteiger partial charge < -0.3 is 19.5 Å². The molecule has 0 bridgehead atoms. The number of β-amino-alcohol motifs (C(OH)–C–C–N with tert-alkyl or cyclic N) is 1. The third-order valence-corrected chi connectivity index (χ3v) is 5.44. The second kappa shape index (κ2) is 9.68. The monoisotopic (exact) mass is 404 g/mol. The van der Waals surface area contributed by atoms with Gasteiger partial charge >= 0.3 is 5.97 Å².